The predicted octanol–water partition coefficient (Wildman–Crippen LogP) is 8.82. The zero-order valence-electron chi connectivity index (χ0n) is 42.1. The number of nitro groups is 1. The first kappa shape index (κ1) is 49.4. The number of nitrogens with zero attached hydrogens (tertiary/aromatic N) is 5. The molecule has 388 valence electrons. The molecular formula is C55H68N8O9S. The van der Waals surface area contributed by atoms with Crippen molar-refractivity contribution < 1.29 is 37.5 Å². The van der Waals surface area contributed by atoms with Gasteiger partial charge in [0.1, 0.15) is 23.1 Å². The van der Waals surface area contributed by atoms with Crippen molar-refractivity contribution >= 4 is 55.4 Å². The van der Waals surface area contributed by atoms with Gasteiger partial charge in [-0.15, -0.1) is 0 Å². The second-order valence-electron chi connectivity index (χ2n) is 22.2. The fourth-order valence-electron chi connectivity index (χ4n) is 12.6. The number of morpholine rings is 1. The number of fused-ring (bicyclic) bond motifs is 3. The number of H-pyrrole nitrogens is 1. The second kappa shape index (κ2) is 19.8. The van der Waals surface area contributed by atoms with Gasteiger partial charge in [-0.1, -0.05) is 38.1 Å². The topological polar surface area (TPSA) is 205 Å². The van der Waals surface area contributed by atoms with E-state index in [-0.39, 0.29) is 40.6 Å². The zero-order valence-corrected chi connectivity index (χ0v) is 42.9. The third kappa shape index (κ3) is 10.0. The third-order valence-electron chi connectivity index (χ3n) is 17.0. The first-order valence-electron chi connectivity index (χ1n) is 26.3. The highest BCUT2D eigenvalue weighted by molar-refractivity contribution is 7.90. The van der Waals surface area contributed by atoms with E-state index < -0.39 is 37.0 Å². The number of anilines is 4. The van der Waals surface area contributed by atoms with Crippen LogP contribution in [0.25, 0.3) is 11.0 Å². The van der Waals surface area contributed by atoms with Crippen molar-refractivity contribution in [3.05, 3.63) is 106 Å². The van der Waals surface area contributed by atoms with Gasteiger partial charge in [0.15, 0.2) is 0 Å². The monoisotopic (exact) mass is 1020 g/mol. The lowest BCUT2D eigenvalue weighted by Crippen LogP contribution is -2.58. The SMILES string of the molecule is CC(C)c1ccccc1[C@@H]1COCCN1C1CC2(CCN(c3ccc(C(=O)NS(=O)(=O)c4ccc(NCC5CCC(C)(O)CC5)c([N+](=O)[O-])c4)c(N4C[C@H]5CCOC[C@@H]5Oc5nc6[nH]ccc6cc54)c3)CC2)C1. The van der Waals surface area contributed by atoms with Crippen molar-refractivity contribution in [3.8, 4) is 5.88 Å². The number of amides is 1. The van der Waals surface area contributed by atoms with E-state index in [1.165, 1.54) is 23.3 Å². The van der Waals surface area contributed by atoms with Gasteiger partial charge >= 0.3 is 0 Å². The molecule has 5 fully saturated rings. The number of pyridine rings is 1. The minimum atomic E-state index is -4.62. The molecule has 2 aliphatic carbocycles. The maximum atomic E-state index is 14.7. The Hall–Kier alpha value is -5.79. The average molecular weight is 1020 g/mol. The second-order valence-corrected chi connectivity index (χ2v) is 23.9. The quantitative estimate of drug-likeness (QED) is 0.0681. The molecule has 0 bridgehead atoms. The van der Waals surface area contributed by atoms with Crippen molar-refractivity contribution in [2.45, 2.75) is 113 Å². The summed E-state index contributed by atoms with van der Waals surface area (Å²) in [5.74, 6) is 0.127. The van der Waals surface area contributed by atoms with Crippen LogP contribution in [0.4, 0.5) is 28.4 Å². The van der Waals surface area contributed by atoms with Crippen LogP contribution >= 0.6 is 0 Å². The number of carbonyl (C=O) groups excluding carboxylic acids is 1. The highest BCUT2D eigenvalue weighted by atomic mass is 32.2. The number of nitro benzene ring substituents is 1. The molecular weight excluding hydrogens is 949 g/mol. The normalized spacial score (nSPS) is 25.6. The lowest BCUT2D eigenvalue weighted by molar-refractivity contribution is -0.384. The molecule has 3 saturated heterocycles. The number of aromatic amines is 1. The average Bonchev–Trinajstić information content (AvgIpc) is 3.77. The minimum Gasteiger partial charge on any atom is -0.470 e. The molecule has 4 N–H and O–H groups in total. The van der Waals surface area contributed by atoms with Gasteiger partial charge in [-0.25, -0.2) is 13.1 Å². The molecule has 6 aliphatic rings. The molecule has 18 heteroatoms. The van der Waals surface area contributed by atoms with Crippen LogP contribution in [-0.4, -0.2) is 116 Å². The van der Waals surface area contributed by atoms with E-state index >= 15 is 0 Å². The number of aromatic nitrogens is 2. The summed E-state index contributed by atoms with van der Waals surface area (Å²) >= 11 is 0. The summed E-state index contributed by atoms with van der Waals surface area (Å²) in [5.41, 5.74) is 4.88. The highest BCUT2D eigenvalue weighted by Gasteiger charge is 2.50. The Bertz CT molecular complexity index is 2970. The predicted molar refractivity (Wildman–Crippen MR) is 279 cm³/mol. The first-order chi connectivity index (χ1) is 35.1. The summed E-state index contributed by atoms with van der Waals surface area (Å²) in [6.45, 7) is 12.2. The number of benzene rings is 3. The summed E-state index contributed by atoms with van der Waals surface area (Å²) in [5, 5.41) is 26.8. The van der Waals surface area contributed by atoms with Crippen LogP contribution < -0.4 is 24.6 Å². The van der Waals surface area contributed by atoms with Gasteiger partial charge in [0.2, 0.25) is 5.88 Å². The van der Waals surface area contributed by atoms with Crippen molar-refractivity contribution in [3.63, 3.8) is 0 Å². The summed E-state index contributed by atoms with van der Waals surface area (Å²) in [6.07, 6.45) is 9.36. The number of aliphatic hydroxyl groups is 1. The van der Waals surface area contributed by atoms with E-state index in [1.807, 2.05) is 42.3 Å². The Kier molecular flexibility index (Phi) is 13.4. The van der Waals surface area contributed by atoms with Crippen LogP contribution in [-0.2, 0) is 19.5 Å². The van der Waals surface area contributed by atoms with Gasteiger partial charge in [0.25, 0.3) is 21.6 Å². The van der Waals surface area contributed by atoms with Gasteiger partial charge in [0.05, 0.1) is 52.5 Å². The van der Waals surface area contributed by atoms with Gasteiger partial charge < -0.3 is 39.4 Å². The summed E-state index contributed by atoms with van der Waals surface area (Å²) in [4.78, 5) is 41.3. The van der Waals surface area contributed by atoms with Crippen LogP contribution in [0.3, 0.4) is 0 Å². The van der Waals surface area contributed by atoms with Crippen molar-refractivity contribution in [1.82, 2.24) is 19.6 Å². The summed E-state index contributed by atoms with van der Waals surface area (Å²) < 4.78 is 49.3. The van der Waals surface area contributed by atoms with Crippen molar-refractivity contribution in [1.29, 1.82) is 0 Å². The van der Waals surface area contributed by atoms with Gasteiger partial charge in [-0.3, -0.25) is 19.8 Å². The number of rotatable bonds is 12. The van der Waals surface area contributed by atoms with E-state index in [0.29, 0.717) is 87.0 Å². The largest absolute Gasteiger partial charge is 0.470 e. The van der Waals surface area contributed by atoms with E-state index in [4.69, 9.17) is 19.2 Å². The molecule has 2 saturated carbocycles. The molecule has 3 aromatic carbocycles. The zero-order chi connectivity index (χ0) is 50.6. The van der Waals surface area contributed by atoms with Crippen molar-refractivity contribution in [2.75, 3.05) is 74.3 Å². The molecule has 4 aliphatic heterocycles. The number of carbonyl (C=O) groups is 1. The van der Waals surface area contributed by atoms with Crippen LogP contribution in [0.1, 0.15) is 112 Å². The standard InChI is InChI=1S/C55H68N8O9S/c1-35(2)42-6-4-5-7-43(42)49-33-71-25-23-61(49)40-29-55(30-40)18-21-60(22-19-55)39-8-10-44(46(27-39)62-32-38-15-24-70-34-50(38)72-53-48(62)26-37-14-20-56-51(37)58-53)52(64)59-73(68,69)41-9-11-45(47(28-41)63(66)67)57-31-36-12-16-54(3,65)17-13-36/h4-11,14,20,26-28,35-36,38,40,49-50,57,65H,12-13,15-19,21-25,29-34H2,1-3H3,(H,56,58)(H,59,64)/t36?,38-,49+,50+,54?/m1/s1. The summed E-state index contributed by atoms with van der Waals surface area (Å²) in [6, 6.07) is 22.7. The third-order valence-corrected chi connectivity index (χ3v) is 18.3. The summed E-state index contributed by atoms with van der Waals surface area (Å²) in [7, 11) is -4.62. The van der Waals surface area contributed by atoms with Crippen LogP contribution in [0, 0.1) is 27.4 Å². The molecule has 0 unspecified atom stereocenters. The highest BCUT2D eigenvalue weighted by Crippen LogP contribution is 2.54. The maximum absolute atomic E-state index is 14.7. The van der Waals surface area contributed by atoms with E-state index in [2.05, 4.69) is 62.9 Å². The number of hydrogen-bond donors (Lipinski definition) is 4. The van der Waals surface area contributed by atoms with E-state index in [9.17, 15) is 28.4 Å². The fourth-order valence-corrected chi connectivity index (χ4v) is 13.6. The van der Waals surface area contributed by atoms with Crippen LogP contribution in [0.5, 0.6) is 5.88 Å². The van der Waals surface area contributed by atoms with E-state index in [0.717, 1.165) is 81.9 Å². The minimum absolute atomic E-state index is 0.00317. The Morgan fingerprint density at radius 1 is 0.945 bits per heavy atom. The number of ether oxygens (including phenoxy) is 3. The molecule has 1 amide bonds. The Morgan fingerprint density at radius 2 is 1.73 bits per heavy atom. The van der Waals surface area contributed by atoms with Crippen molar-refractivity contribution in [2.24, 2.45) is 17.3 Å². The molecule has 0 radical (unpaired) electrons. The number of nitrogens with one attached hydrogen (secondary N) is 3. The van der Waals surface area contributed by atoms with E-state index in [1.54, 1.807) is 6.07 Å². The van der Waals surface area contributed by atoms with Gasteiger partial charge in [-0.05, 0) is 136 Å². The maximum Gasteiger partial charge on any atom is 0.293 e. The number of hydrogen-bond acceptors (Lipinski definition) is 14. The molecule has 3 atom stereocenters. The number of sulfonamides is 1. The lowest BCUT2D eigenvalue weighted by Gasteiger charge is -2.57. The van der Waals surface area contributed by atoms with Crippen LogP contribution in [0.2, 0.25) is 0 Å². The molecule has 6 heterocycles. The fraction of sp³-hybridized carbons (Fsp3) is 0.527. The number of piperidine rings is 1. The molecule has 1 spiro atoms. The molecule has 11 rings (SSSR count). The Morgan fingerprint density at radius 3 is 2.51 bits per heavy atom. The molecule has 5 aromatic rings. The lowest BCUT2D eigenvalue weighted by atomic mass is 9.59. The van der Waals surface area contributed by atoms with Crippen LogP contribution in [0.15, 0.2) is 83.9 Å². The molecule has 73 heavy (non-hydrogen) atoms. The smallest absolute Gasteiger partial charge is 0.293 e. The first-order valence-corrected chi connectivity index (χ1v) is 27.7. The Balaban J connectivity index is 0.865. The molecule has 2 aromatic heterocycles. The van der Waals surface area contributed by atoms with Gasteiger partial charge in [0, 0.05) is 74.6 Å². The van der Waals surface area contributed by atoms with Gasteiger partial charge in [-0.2, -0.15) is 4.98 Å². The molecule has 17 nitrogen and oxygen atoms in total. The Labute approximate surface area is 427 Å².